The largest absolute Gasteiger partial charge is 0.469 e. The number of hydrogen-bond acceptors (Lipinski definition) is 4. The van der Waals surface area contributed by atoms with E-state index in [1.807, 2.05) is 0 Å². The molecule has 0 amide bonds. The van der Waals surface area contributed by atoms with Crippen molar-refractivity contribution < 1.29 is 9.53 Å². The second kappa shape index (κ2) is 7.53. The molecule has 0 saturated heterocycles. The highest BCUT2D eigenvalue weighted by Crippen LogP contribution is 2.33. The van der Waals surface area contributed by atoms with Gasteiger partial charge in [0.05, 0.1) is 12.8 Å². The molecule has 2 aromatic carbocycles. The number of fused-ring (bicyclic) bond motifs is 2. The lowest BCUT2D eigenvalue weighted by atomic mass is 9.96. The number of carbonyl (C=O) groups is 1. The Labute approximate surface area is 159 Å². The number of aromatic nitrogens is 2. The van der Waals surface area contributed by atoms with Crippen LogP contribution in [0.4, 0.5) is 0 Å². The number of hydrogen-bond donors (Lipinski definition) is 1. The number of methoxy groups -OCH3 is 1. The summed E-state index contributed by atoms with van der Waals surface area (Å²) in [4.78, 5) is 13.9. The first kappa shape index (κ1) is 17.7. The molecule has 0 bridgehead atoms. The quantitative estimate of drug-likeness (QED) is 0.698. The number of carbonyl (C=O) groups excluding carboxylic acids is 1. The van der Waals surface area contributed by atoms with Crippen LogP contribution in [-0.4, -0.2) is 40.8 Å². The molecule has 2 heterocycles. The van der Waals surface area contributed by atoms with Gasteiger partial charge in [0.25, 0.3) is 0 Å². The van der Waals surface area contributed by atoms with Gasteiger partial charge in [-0.1, -0.05) is 42.5 Å². The SMILES string of the molecule is COC(=O)CC[C@H](C)N1CCc2[nH]nc(-c3cccc4ccccc34)c2C1. The molecule has 3 aromatic rings. The molecule has 1 atom stereocenters. The van der Waals surface area contributed by atoms with Crippen molar-refractivity contribution in [1.82, 2.24) is 15.1 Å². The van der Waals surface area contributed by atoms with E-state index in [0.29, 0.717) is 12.5 Å². The first-order chi connectivity index (χ1) is 13.2. The van der Waals surface area contributed by atoms with Crippen LogP contribution < -0.4 is 0 Å². The average Bonchev–Trinajstić information content (AvgIpc) is 3.14. The Balaban J connectivity index is 1.61. The highest BCUT2D eigenvalue weighted by molar-refractivity contribution is 5.96. The van der Waals surface area contributed by atoms with Crippen LogP contribution in [0.2, 0.25) is 0 Å². The van der Waals surface area contributed by atoms with Crippen molar-refractivity contribution in [3.05, 3.63) is 53.7 Å². The van der Waals surface area contributed by atoms with Gasteiger partial charge in [-0.2, -0.15) is 5.10 Å². The number of benzene rings is 2. The Morgan fingerprint density at radius 1 is 1.26 bits per heavy atom. The lowest BCUT2D eigenvalue weighted by Gasteiger charge is -2.32. The highest BCUT2D eigenvalue weighted by atomic mass is 16.5. The van der Waals surface area contributed by atoms with Crippen LogP contribution >= 0.6 is 0 Å². The fourth-order valence-corrected chi connectivity index (χ4v) is 3.96. The van der Waals surface area contributed by atoms with Crippen LogP contribution in [0.25, 0.3) is 22.0 Å². The molecule has 1 N–H and O–H groups in total. The average molecular weight is 363 g/mol. The van der Waals surface area contributed by atoms with E-state index < -0.39 is 0 Å². The summed E-state index contributed by atoms with van der Waals surface area (Å²) >= 11 is 0. The molecule has 0 unspecified atom stereocenters. The molecule has 1 aromatic heterocycles. The fourth-order valence-electron chi connectivity index (χ4n) is 3.96. The van der Waals surface area contributed by atoms with Crippen LogP contribution in [0.1, 0.15) is 31.0 Å². The van der Waals surface area contributed by atoms with Gasteiger partial charge in [-0.15, -0.1) is 0 Å². The third-order valence-electron chi connectivity index (χ3n) is 5.63. The van der Waals surface area contributed by atoms with Gasteiger partial charge in [-0.05, 0) is 24.1 Å². The summed E-state index contributed by atoms with van der Waals surface area (Å²) < 4.78 is 4.78. The Bertz CT molecular complexity index is 958. The monoisotopic (exact) mass is 363 g/mol. The molecule has 0 radical (unpaired) electrons. The van der Waals surface area contributed by atoms with Gasteiger partial charge in [-0.3, -0.25) is 14.8 Å². The van der Waals surface area contributed by atoms with Gasteiger partial charge in [0, 0.05) is 48.8 Å². The Morgan fingerprint density at radius 2 is 2.07 bits per heavy atom. The lowest BCUT2D eigenvalue weighted by Crippen LogP contribution is -2.37. The fraction of sp³-hybridized carbons (Fsp3) is 0.364. The van der Waals surface area contributed by atoms with Crippen molar-refractivity contribution in [2.75, 3.05) is 13.7 Å². The maximum Gasteiger partial charge on any atom is 0.305 e. The van der Waals surface area contributed by atoms with E-state index in [-0.39, 0.29) is 5.97 Å². The lowest BCUT2D eigenvalue weighted by molar-refractivity contribution is -0.141. The molecule has 4 rings (SSSR count). The maximum atomic E-state index is 11.5. The van der Waals surface area contributed by atoms with Crippen LogP contribution in [0.15, 0.2) is 42.5 Å². The summed E-state index contributed by atoms with van der Waals surface area (Å²) in [6.07, 6.45) is 2.22. The van der Waals surface area contributed by atoms with Gasteiger partial charge >= 0.3 is 5.97 Å². The molecule has 0 aliphatic carbocycles. The van der Waals surface area contributed by atoms with Gasteiger partial charge < -0.3 is 4.74 Å². The number of ether oxygens (including phenoxy) is 1. The van der Waals surface area contributed by atoms with Crippen LogP contribution in [0.3, 0.4) is 0 Å². The Hall–Kier alpha value is -2.66. The summed E-state index contributed by atoms with van der Waals surface area (Å²) in [5, 5.41) is 10.4. The highest BCUT2D eigenvalue weighted by Gasteiger charge is 2.26. The molecule has 5 nitrogen and oxygen atoms in total. The van der Waals surface area contributed by atoms with Gasteiger partial charge in [-0.25, -0.2) is 0 Å². The van der Waals surface area contributed by atoms with Gasteiger partial charge in [0.1, 0.15) is 0 Å². The topological polar surface area (TPSA) is 58.2 Å². The normalized spacial score (nSPS) is 15.5. The minimum atomic E-state index is -0.140. The number of nitrogens with one attached hydrogen (secondary N) is 1. The maximum absolute atomic E-state index is 11.5. The first-order valence-corrected chi connectivity index (χ1v) is 9.52. The van der Waals surface area contributed by atoms with Crippen molar-refractivity contribution in [2.24, 2.45) is 0 Å². The molecule has 1 aliphatic heterocycles. The molecule has 0 fully saturated rings. The van der Waals surface area contributed by atoms with Crippen molar-refractivity contribution in [2.45, 2.75) is 38.8 Å². The zero-order chi connectivity index (χ0) is 18.8. The third kappa shape index (κ3) is 3.47. The summed E-state index contributed by atoms with van der Waals surface area (Å²) in [7, 11) is 1.45. The predicted octanol–water partition coefficient (Wildman–Crippen LogP) is 3.93. The van der Waals surface area contributed by atoms with E-state index in [2.05, 4.69) is 64.5 Å². The number of rotatable bonds is 5. The summed E-state index contributed by atoms with van der Waals surface area (Å²) in [5.74, 6) is -0.140. The van der Waals surface area contributed by atoms with Gasteiger partial charge in [0.15, 0.2) is 0 Å². The zero-order valence-electron chi connectivity index (χ0n) is 15.9. The van der Waals surface area contributed by atoms with Crippen molar-refractivity contribution in [1.29, 1.82) is 0 Å². The summed E-state index contributed by atoms with van der Waals surface area (Å²) in [6, 6.07) is 15.1. The molecule has 140 valence electrons. The smallest absolute Gasteiger partial charge is 0.305 e. The van der Waals surface area contributed by atoms with E-state index in [9.17, 15) is 4.79 Å². The zero-order valence-corrected chi connectivity index (χ0v) is 15.9. The van der Waals surface area contributed by atoms with E-state index >= 15 is 0 Å². The second-order valence-corrected chi connectivity index (χ2v) is 7.24. The number of nitrogens with zero attached hydrogens (tertiary/aromatic N) is 2. The molecule has 27 heavy (non-hydrogen) atoms. The van der Waals surface area contributed by atoms with Crippen LogP contribution in [0, 0.1) is 0 Å². The Kier molecular flexibility index (Phi) is 4.94. The second-order valence-electron chi connectivity index (χ2n) is 7.24. The summed E-state index contributed by atoms with van der Waals surface area (Å²) in [6.45, 7) is 4.02. The van der Waals surface area contributed by atoms with E-state index in [4.69, 9.17) is 4.74 Å². The summed E-state index contributed by atoms with van der Waals surface area (Å²) in [5.41, 5.74) is 4.73. The third-order valence-corrected chi connectivity index (χ3v) is 5.63. The Morgan fingerprint density at radius 3 is 2.93 bits per heavy atom. The van der Waals surface area contributed by atoms with Crippen molar-refractivity contribution in [3.63, 3.8) is 0 Å². The van der Waals surface area contributed by atoms with Gasteiger partial charge in [0.2, 0.25) is 0 Å². The molecule has 1 aliphatic rings. The number of H-pyrrole nitrogens is 1. The van der Waals surface area contributed by atoms with Crippen molar-refractivity contribution in [3.8, 4) is 11.3 Å². The number of esters is 1. The van der Waals surface area contributed by atoms with Crippen LogP contribution in [0.5, 0.6) is 0 Å². The van der Waals surface area contributed by atoms with E-state index in [1.165, 1.54) is 34.7 Å². The number of aromatic amines is 1. The molecule has 0 spiro atoms. The van der Waals surface area contributed by atoms with Crippen LogP contribution in [-0.2, 0) is 22.5 Å². The molecular weight excluding hydrogens is 338 g/mol. The minimum Gasteiger partial charge on any atom is -0.469 e. The van der Waals surface area contributed by atoms with E-state index in [1.54, 1.807) is 0 Å². The first-order valence-electron chi connectivity index (χ1n) is 9.52. The molecule has 5 heteroatoms. The van der Waals surface area contributed by atoms with E-state index in [0.717, 1.165) is 31.6 Å². The minimum absolute atomic E-state index is 0.140. The molecule has 0 saturated carbocycles. The predicted molar refractivity (Wildman–Crippen MR) is 106 cm³/mol. The molecular formula is C22H25N3O2. The van der Waals surface area contributed by atoms with Crippen molar-refractivity contribution >= 4 is 16.7 Å². The standard InChI is InChI=1S/C22H25N3O2/c1-15(10-11-21(26)27-2)25-13-12-20-19(14-25)22(24-23-20)18-9-5-7-16-6-3-4-8-17(16)18/h3-9,15H,10-14H2,1-2H3,(H,23,24)/t15-/m0/s1.